The Morgan fingerprint density at radius 3 is 2.79 bits per heavy atom. The van der Waals surface area contributed by atoms with Gasteiger partial charge in [0.05, 0.1) is 11.6 Å². The molecule has 0 aliphatic rings. The second kappa shape index (κ2) is 4.57. The molecule has 0 heterocycles. The van der Waals surface area contributed by atoms with Crippen LogP contribution in [0.25, 0.3) is 5.57 Å². The van der Waals surface area contributed by atoms with Crippen LogP contribution in [0.15, 0.2) is 24.3 Å². The fraction of sp³-hybridized carbons (Fsp3) is 0.250. The maximum Gasteiger partial charge on any atom is 0.123 e. The summed E-state index contributed by atoms with van der Waals surface area (Å²) in [5.41, 5.74) is 2.24. The molecular weight excluding hydrogens is 177 g/mol. The fourth-order valence-electron chi connectivity index (χ4n) is 1.43. The summed E-state index contributed by atoms with van der Waals surface area (Å²) in [5, 5.41) is 8.85. The number of halogens is 1. The van der Waals surface area contributed by atoms with E-state index in [9.17, 15) is 4.39 Å². The molecule has 1 rings (SSSR count). The van der Waals surface area contributed by atoms with Gasteiger partial charge in [-0.1, -0.05) is 13.0 Å². The first-order valence-electron chi connectivity index (χ1n) is 4.58. The maximum absolute atomic E-state index is 13.0. The number of nitriles is 1. The zero-order valence-corrected chi connectivity index (χ0v) is 8.34. The summed E-state index contributed by atoms with van der Waals surface area (Å²) in [5.74, 6) is -0.299. The molecule has 1 nitrogen and oxygen atoms in total. The molecule has 1 aromatic carbocycles. The highest BCUT2D eigenvalue weighted by atomic mass is 19.1. The van der Waals surface area contributed by atoms with Gasteiger partial charge in [0.1, 0.15) is 5.82 Å². The van der Waals surface area contributed by atoms with E-state index in [1.54, 1.807) is 0 Å². The van der Waals surface area contributed by atoms with Crippen molar-refractivity contribution in [1.29, 1.82) is 5.26 Å². The fourth-order valence-corrected chi connectivity index (χ4v) is 1.43. The van der Waals surface area contributed by atoms with Gasteiger partial charge in [-0.2, -0.15) is 5.26 Å². The molecule has 0 unspecified atom stereocenters. The highest BCUT2D eigenvalue weighted by Crippen LogP contribution is 2.22. The Morgan fingerprint density at radius 2 is 2.29 bits per heavy atom. The van der Waals surface area contributed by atoms with Gasteiger partial charge in [0, 0.05) is 0 Å². The lowest BCUT2D eigenvalue weighted by molar-refractivity contribution is 0.627. The van der Waals surface area contributed by atoms with Gasteiger partial charge in [0.15, 0.2) is 0 Å². The molecule has 1 aromatic rings. The van der Waals surface area contributed by atoms with Crippen LogP contribution >= 0.6 is 0 Å². The van der Waals surface area contributed by atoms with Crippen LogP contribution in [-0.4, -0.2) is 0 Å². The number of nitrogens with zero attached hydrogens (tertiary/aromatic N) is 1. The molecule has 14 heavy (non-hydrogen) atoms. The largest absolute Gasteiger partial charge is 0.207 e. The van der Waals surface area contributed by atoms with Gasteiger partial charge in [-0.25, -0.2) is 4.39 Å². The van der Waals surface area contributed by atoms with Crippen molar-refractivity contribution >= 4 is 5.57 Å². The Bertz CT molecular complexity index is 399. The Hall–Kier alpha value is -1.62. The number of allylic oxidation sites excluding steroid dienone is 2. The summed E-state index contributed by atoms with van der Waals surface area (Å²) in [4.78, 5) is 0. The van der Waals surface area contributed by atoms with Crippen LogP contribution in [0.2, 0.25) is 0 Å². The molecular formula is C12H12FN. The molecule has 0 amide bonds. The lowest BCUT2D eigenvalue weighted by atomic mass is 9.98. The molecule has 0 atom stereocenters. The summed E-state index contributed by atoms with van der Waals surface area (Å²) >= 11 is 0. The third kappa shape index (κ3) is 2.00. The minimum absolute atomic E-state index is 0.299. The Balaban J connectivity index is 3.32. The molecule has 0 radical (unpaired) electrons. The minimum atomic E-state index is -0.299. The van der Waals surface area contributed by atoms with Gasteiger partial charge < -0.3 is 0 Å². The number of rotatable bonds is 2. The summed E-state index contributed by atoms with van der Waals surface area (Å²) in [6, 6.07) is 6.31. The van der Waals surface area contributed by atoms with Gasteiger partial charge in [-0.3, -0.25) is 0 Å². The van der Waals surface area contributed by atoms with E-state index >= 15 is 0 Å². The van der Waals surface area contributed by atoms with Crippen LogP contribution in [0.1, 0.15) is 31.4 Å². The molecule has 2 heteroatoms. The summed E-state index contributed by atoms with van der Waals surface area (Å²) in [6.45, 7) is 3.88. The molecule has 72 valence electrons. The molecule has 0 aliphatic heterocycles. The summed E-state index contributed by atoms with van der Waals surface area (Å²) in [6.07, 6.45) is 2.71. The van der Waals surface area contributed by atoms with E-state index in [0.29, 0.717) is 11.1 Å². The van der Waals surface area contributed by atoms with Crippen molar-refractivity contribution in [2.75, 3.05) is 0 Å². The molecule has 0 saturated carbocycles. The van der Waals surface area contributed by atoms with E-state index in [1.807, 2.05) is 19.9 Å². The van der Waals surface area contributed by atoms with Gasteiger partial charge >= 0.3 is 0 Å². The monoisotopic (exact) mass is 189 g/mol. The van der Waals surface area contributed by atoms with Gasteiger partial charge in [-0.05, 0) is 42.7 Å². The third-order valence-electron chi connectivity index (χ3n) is 2.18. The average molecular weight is 189 g/mol. The minimum Gasteiger partial charge on any atom is -0.207 e. The molecule has 0 aromatic heterocycles. The molecule has 0 spiro atoms. The van der Waals surface area contributed by atoms with E-state index in [4.69, 9.17) is 5.26 Å². The highest BCUT2D eigenvalue weighted by Gasteiger charge is 2.06. The topological polar surface area (TPSA) is 23.8 Å². The van der Waals surface area contributed by atoms with E-state index in [2.05, 4.69) is 6.07 Å². The van der Waals surface area contributed by atoms with Crippen LogP contribution in [0.4, 0.5) is 4.39 Å². The average Bonchev–Trinajstić information content (AvgIpc) is 2.20. The normalized spacial score (nSPS) is 11.1. The molecule has 0 saturated heterocycles. The van der Waals surface area contributed by atoms with Crippen molar-refractivity contribution in [3.8, 4) is 6.07 Å². The van der Waals surface area contributed by atoms with Gasteiger partial charge in [-0.15, -0.1) is 0 Å². The number of hydrogen-bond donors (Lipinski definition) is 0. The lowest BCUT2D eigenvalue weighted by Crippen LogP contribution is -1.90. The zero-order valence-electron chi connectivity index (χ0n) is 8.34. The van der Waals surface area contributed by atoms with Crippen LogP contribution in [0, 0.1) is 17.1 Å². The van der Waals surface area contributed by atoms with Crippen molar-refractivity contribution in [2.24, 2.45) is 0 Å². The second-order valence-corrected chi connectivity index (χ2v) is 2.97. The van der Waals surface area contributed by atoms with Gasteiger partial charge in [0.2, 0.25) is 0 Å². The van der Waals surface area contributed by atoms with Crippen molar-refractivity contribution < 1.29 is 4.39 Å². The maximum atomic E-state index is 13.0. The van der Waals surface area contributed by atoms with E-state index < -0.39 is 0 Å². The first kappa shape index (κ1) is 10.5. The van der Waals surface area contributed by atoms with E-state index in [0.717, 1.165) is 12.0 Å². The summed E-state index contributed by atoms with van der Waals surface area (Å²) < 4.78 is 13.0. The van der Waals surface area contributed by atoms with Crippen molar-refractivity contribution in [3.63, 3.8) is 0 Å². The van der Waals surface area contributed by atoms with Crippen LogP contribution in [0.3, 0.4) is 0 Å². The Morgan fingerprint density at radius 1 is 1.57 bits per heavy atom. The van der Waals surface area contributed by atoms with Crippen molar-refractivity contribution in [3.05, 3.63) is 41.2 Å². The summed E-state index contributed by atoms with van der Waals surface area (Å²) in [7, 11) is 0. The predicted molar refractivity (Wildman–Crippen MR) is 55.1 cm³/mol. The molecule has 0 bridgehead atoms. The van der Waals surface area contributed by atoms with Crippen molar-refractivity contribution in [2.45, 2.75) is 20.3 Å². The third-order valence-corrected chi connectivity index (χ3v) is 2.18. The molecule has 0 fully saturated rings. The standard InChI is InChI=1S/C12H12FN/c1-3-9(4-2)12-7-11(13)6-5-10(12)8-14/h3,5-7H,4H2,1-2H3/b9-3+. The SMILES string of the molecule is C/C=C(\CC)c1cc(F)ccc1C#N. The van der Waals surface area contributed by atoms with Crippen LogP contribution in [-0.2, 0) is 0 Å². The first-order valence-corrected chi connectivity index (χ1v) is 4.58. The smallest absolute Gasteiger partial charge is 0.123 e. The predicted octanol–water partition coefficient (Wildman–Crippen LogP) is 3.51. The second-order valence-electron chi connectivity index (χ2n) is 2.97. The number of hydrogen-bond acceptors (Lipinski definition) is 1. The Labute approximate surface area is 83.5 Å². The lowest BCUT2D eigenvalue weighted by Gasteiger charge is -2.06. The van der Waals surface area contributed by atoms with Crippen LogP contribution < -0.4 is 0 Å². The van der Waals surface area contributed by atoms with Gasteiger partial charge in [0.25, 0.3) is 0 Å². The number of benzene rings is 1. The van der Waals surface area contributed by atoms with Crippen LogP contribution in [0.5, 0.6) is 0 Å². The highest BCUT2D eigenvalue weighted by molar-refractivity contribution is 5.70. The molecule has 0 aliphatic carbocycles. The van der Waals surface area contributed by atoms with E-state index in [-0.39, 0.29) is 5.82 Å². The molecule has 0 N–H and O–H groups in total. The first-order chi connectivity index (χ1) is 6.72. The van der Waals surface area contributed by atoms with Crippen molar-refractivity contribution in [1.82, 2.24) is 0 Å². The quantitative estimate of drug-likeness (QED) is 0.698. The Kier molecular flexibility index (Phi) is 3.41. The zero-order chi connectivity index (χ0) is 10.6. The van der Waals surface area contributed by atoms with E-state index in [1.165, 1.54) is 18.2 Å².